The van der Waals surface area contributed by atoms with Crippen LogP contribution in [-0.2, 0) is 16.1 Å². The maximum atomic E-state index is 14.2. The number of carbonyl (C=O) groups excluding carboxylic acids is 1. The minimum atomic E-state index is -0.222. The first-order valence-corrected chi connectivity index (χ1v) is 10.7. The molecule has 1 heterocycles. The van der Waals surface area contributed by atoms with E-state index in [1.165, 1.54) is 12.5 Å². The van der Waals surface area contributed by atoms with Crippen LogP contribution in [0.5, 0.6) is 0 Å². The van der Waals surface area contributed by atoms with E-state index in [9.17, 15) is 9.18 Å². The van der Waals surface area contributed by atoms with Gasteiger partial charge in [-0.1, -0.05) is 37.5 Å². The number of hydrogen-bond acceptors (Lipinski definition) is 3. The Balaban J connectivity index is 1.54. The van der Waals surface area contributed by atoms with Gasteiger partial charge in [0.25, 0.3) is 0 Å². The standard InChI is InChI=1S/C21H30FN3O2S/c22-19-11-5-4-7-16(19)15-25(17-8-2-1-3-9-17)21(28)24-14-20(26)23-13-18-10-6-12-27-18/h4-5,7,11,17-18H,1-3,6,8-10,12-15H2,(H,23,26)(H,24,28). The van der Waals surface area contributed by atoms with Gasteiger partial charge in [-0.15, -0.1) is 0 Å². The summed E-state index contributed by atoms with van der Waals surface area (Å²) in [6, 6.07) is 7.08. The van der Waals surface area contributed by atoms with E-state index in [1.54, 1.807) is 12.1 Å². The van der Waals surface area contributed by atoms with E-state index in [1.807, 2.05) is 6.07 Å². The minimum Gasteiger partial charge on any atom is -0.376 e. The van der Waals surface area contributed by atoms with E-state index in [0.717, 1.165) is 45.1 Å². The van der Waals surface area contributed by atoms with Crippen LogP contribution in [0.25, 0.3) is 0 Å². The fourth-order valence-corrected chi connectivity index (χ4v) is 4.21. The second-order valence-corrected chi connectivity index (χ2v) is 8.00. The van der Waals surface area contributed by atoms with Crippen LogP contribution in [0.2, 0.25) is 0 Å². The predicted octanol–water partition coefficient (Wildman–Crippen LogP) is 3.13. The maximum absolute atomic E-state index is 14.2. The first-order chi connectivity index (χ1) is 13.6. The van der Waals surface area contributed by atoms with E-state index in [4.69, 9.17) is 17.0 Å². The zero-order valence-corrected chi connectivity index (χ0v) is 17.1. The summed E-state index contributed by atoms with van der Waals surface area (Å²) in [6.45, 7) is 1.84. The lowest BCUT2D eigenvalue weighted by Gasteiger charge is -2.36. The average Bonchev–Trinajstić information content (AvgIpc) is 3.24. The first kappa shape index (κ1) is 21.0. The van der Waals surface area contributed by atoms with Crippen LogP contribution in [0.4, 0.5) is 4.39 Å². The number of carbonyl (C=O) groups is 1. The van der Waals surface area contributed by atoms with Crippen molar-refractivity contribution in [1.82, 2.24) is 15.5 Å². The van der Waals surface area contributed by atoms with Gasteiger partial charge < -0.3 is 20.3 Å². The van der Waals surface area contributed by atoms with Crippen molar-refractivity contribution in [2.45, 2.75) is 63.6 Å². The van der Waals surface area contributed by atoms with Crippen molar-refractivity contribution in [2.24, 2.45) is 0 Å². The SMILES string of the molecule is O=C(CNC(=S)N(Cc1ccccc1F)C1CCCCC1)NCC1CCCO1. The molecule has 1 aromatic carbocycles. The van der Waals surface area contributed by atoms with Crippen molar-refractivity contribution in [3.05, 3.63) is 35.6 Å². The van der Waals surface area contributed by atoms with Crippen LogP contribution >= 0.6 is 12.2 Å². The molecule has 1 saturated heterocycles. The van der Waals surface area contributed by atoms with Gasteiger partial charge in [0, 0.05) is 31.3 Å². The van der Waals surface area contributed by atoms with E-state index < -0.39 is 0 Å². The third-order valence-electron chi connectivity index (χ3n) is 5.53. The number of hydrogen-bond donors (Lipinski definition) is 2. The summed E-state index contributed by atoms with van der Waals surface area (Å²) in [5, 5.41) is 6.49. The first-order valence-electron chi connectivity index (χ1n) is 10.3. The van der Waals surface area contributed by atoms with Crippen molar-refractivity contribution in [3.63, 3.8) is 0 Å². The molecule has 5 nitrogen and oxygen atoms in total. The average molecular weight is 408 g/mol. The van der Waals surface area contributed by atoms with Crippen molar-refractivity contribution in [2.75, 3.05) is 19.7 Å². The lowest BCUT2D eigenvalue weighted by atomic mass is 9.94. The number of amides is 1. The number of rotatable bonds is 7. The Labute approximate surface area is 172 Å². The molecule has 7 heteroatoms. The van der Waals surface area contributed by atoms with Gasteiger partial charge in [-0.3, -0.25) is 4.79 Å². The molecule has 1 atom stereocenters. The summed E-state index contributed by atoms with van der Waals surface area (Å²) in [4.78, 5) is 14.2. The smallest absolute Gasteiger partial charge is 0.239 e. The van der Waals surface area contributed by atoms with Crippen LogP contribution in [0.1, 0.15) is 50.5 Å². The molecule has 1 saturated carbocycles. The molecule has 0 bridgehead atoms. The van der Waals surface area contributed by atoms with Gasteiger partial charge in [0.1, 0.15) is 5.82 Å². The number of thiocarbonyl (C=S) groups is 1. The highest BCUT2D eigenvalue weighted by atomic mass is 32.1. The van der Waals surface area contributed by atoms with E-state index >= 15 is 0 Å². The molecule has 1 aromatic rings. The molecule has 0 aromatic heterocycles. The second-order valence-electron chi connectivity index (χ2n) is 7.61. The Morgan fingerprint density at radius 2 is 1.93 bits per heavy atom. The lowest BCUT2D eigenvalue weighted by molar-refractivity contribution is -0.120. The summed E-state index contributed by atoms with van der Waals surface area (Å²) < 4.78 is 19.7. The van der Waals surface area contributed by atoms with Gasteiger partial charge >= 0.3 is 0 Å². The highest BCUT2D eigenvalue weighted by Gasteiger charge is 2.24. The van der Waals surface area contributed by atoms with Crippen molar-refractivity contribution in [3.8, 4) is 0 Å². The Hall–Kier alpha value is -1.73. The predicted molar refractivity (Wildman–Crippen MR) is 111 cm³/mol. The summed E-state index contributed by atoms with van der Waals surface area (Å²) in [7, 11) is 0. The van der Waals surface area contributed by atoms with Crippen LogP contribution in [0.15, 0.2) is 24.3 Å². The molecule has 3 rings (SSSR count). The van der Waals surface area contributed by atoms with Gasteiger partial charge in [0.2, 0.25) is 5.91 Å². The molecule has 2 aliphatic rings. The zero-order chi connectivity index (χ0) is 19.8. The third kappa shape index (κ3) is 6.14. The molecular weight excluding hydrogens is 377 g/mol. The summed E-state index contributed by atoms with van der Waals surface area (Å²) in [6.07, 6.45) is 7.79. The van der Waals surface area contributed by atoms with Crippen molar-refractivity contribution >= 4 is 23.2 Å². The summed E-state index contributed by atoms with van der Waals surface area (Å²) in [5.41, 5.74) is 0.625. The number of halogens is 1. The Morgan fingerprint density at radius 3 is 2.64 bits per heavy atom. The number of ether oxygens (including phenoxy) is 1. The monoisotopic (exact) mass is 407 g/mol. The van der Waals surface area contributed by atoms with Crippen molar-refractivity contribution in [1.29, 1.82) is 0 Å². The molecule has 0 radical (unpaired) electrons. The molecule has 154 valence electrons. The largest absolute Gasteiger partial charge is 0.376 e. The van der Waals surface area contributed by atoms with Crippen LogP contribution < -0.4 is 10.6 Å². The minimum absolute atomic E-state index is 0.104. The number of nitrogens with zero attached hydrogens (tertiary/aromatic N) is 1. The fourth-order valence-electron chi connectivity index (χ4n) is 3.92. The maximum Gasteiger partial charge on any atom is 0.239 e. The number of nitrogens with one attached hydrogen (secondary N) is 2. The van der Waals surface area contributed by atoms with Gasteiger partial charge in [0.05, 0.1) is 12.6 Å². The van der Waals surface area contributed by atoms with Gasteiger partial charge in [0.15, 0.2) is 5.11 Å². The van der Waals surface area contributed by atoms with Gasteiger partial charge in [-0.05, 0) is 44.0 Å². The molecule has 0 spiro atoms. The molecular formula is C21H30FN3O2S. The number of benzene rings is 1. The normalized spacial score (nSPS) is 20.0. The quantitative estimate of drug-likeness (QED) is 0.680. The fraction of sp³-hybridized carbons (Fsp3) is 0.619. The Kier molecular flexibility index (Phi) is 8.03. The highest BCUT2D eigenvalue weighted by Crippen LogP contribution is 2.25. The Morgan fingerprint density at radius 1 is 1.14 bits per heavy atom. The molecule has 1 amide bonds. The molecule has 1 aliphatic carbocycles. The lowest BCUT2D eigenvalue weighted by Crippen LogP contribution is -2.49. The van der Waals surface area contributed by atoms with E-state index in [-0.39, 0.29) is 30.4 Å². The highest BCUT2D eigenvalue weighted by molar-refractivity contribution is 7.80. The molecule has 2 fully saturated rings. The van der Waals surface area contributed by atoms with Crippen LogP contribution in [0, 0.1) is 5.82 Å². The van der Waals surface area contributed by atoms with Gasteiger partial charge in [-0.2, -0.15) is 0 Å². The molecule has 1 unspecified atom stereocenters. The van der Waals surface area contributed by atoms with Gasteiger partial charge in [-0.25, -0.2) is 4.39 Å². The van der Waals surface area contributed by atoms with E-state index in [0.29, 0.717) is 23.8 Å². The molecule has 28 heavy (non-hydrogen) atoms. The summed E-state index contributed by atoms with van der Waals surface area (Å²) in [5.74, 6) is -0.326. The van der Waals surface area contributed by atoms with Crippen LogP contribution in [-0.4, -0.2) is 47.8 Å². The molecule has 1 aliphatic heterocycles. The zero-order valence-electron chi connectivity index (χ0n) is 16.3. The summed E-state index contributed by atoms with van der Waals surface area (Å²) >= 11 is 5.60. The van der Waals surface area contributed by atoms with Crippen LogP contribution in [0.3, 0.4) is 0 Å². The molecule has 2 N–H and O–H groups in total. The van der Waals surface area contributed by atoms with E-state index in [2.05, 4.69) is 15.5 Å². The second kappa shape index (κ2) is 10.7. The Bertz CT molecular complexity index is 661. The van der Waals surface area contributed by atoms with Crippen molar-refractivity contribution < 1.29 is 13.9 Å². The third-order valence-corrected chi connectivity index (χ3v) is 5.90. The topological polar surface area (TPSA) is 53.6 Å².